The molecule has 1 aliphatic carbocycles. The molecule has 5 rings (SSSR count). The summed E-state index contributed by atoms with van der Waals surface area (Å²) in [5.74, 6) is 0.820. The van der Waals surface area contributed by atoms with Crippen LogP contribution in [0.2, 0.25) is 0 Å². The number of nitrogens with one attached hydrogen (secondary N) is 2. The lowest BCUT2D eigenvalue weighted by atomic mass is 9.94. The van der Waals surface area contributed by atoms with Crippen molar-refractivity contribution in [2.75, 3.05) is 12.1 Å². The highest BCUT2D eigenvalue weighted by Crippen LogP contribution is 2.51. The standard InChI is InChI=1S/C20H17N3O4/c21-18(24)15-8-11-7-13(2-3-14(11)23-15)22-19(25)20(5-6-20)12-1-4-16-17(9-12)27-10-26-16/h1-4,7-9,23H,5-6,10H2,(H2,21,24)(H,22,25). The van der Waals surface area contributed by atoms with Crippen LogP contribution < -0.4 is 20.5 Å². The molecule has 27 heavy (non-hydrogen) atoms. The number of primary amides is 1. The van der Waals surface area contributed by atoms with E-state index in [1.165, 1.54) is 0 Å². The fourth-order valence-electron chi connectivity index (χ4n) is 3.56. The highest BCUT2D eigenvalue weighted by Gasteiger charge is 2.51. The van der Waals surface area contributed by atoms with Gasteiger partial charge in [-0.2, -0.15) is 0 Å². The molecule has 2 aliphatic rings. The molecule has 7 heteroatoms. The van der Waals surface area contributed by atoms with Gasteiger partial charge in [0.25, 0.3) is 5.91 Å². The summed E-state index contributed by atoms with van der Waals surface area (Å²) >= 11 is 0. The van der Waals surface area contributed by atoms with Gasteiger partial charge in [-0.15, -0.1) is 0 Å². The van der Waals surface area contributed by atoms with Crippen molar-refractivity contribution in [2.24, 2.45) is 5.73 Å². The summed E-state index contributed by atoms with van der Waals surface area (Å²) < 4.78 is 10.8. The van der Waals surface area contributed by atoms with E-state index in [1.54, 1.807) is 12.1 Å². The first-order valence-corrected chi connectivity index (χ1v) is 8.69. The summed E-state index contributed by atoms with van der Waals surface area (Å²) in [5, 5.41) is 3.81. The van der Waals surface area contributed by atoms with Crippen molar-refractivity contribution in [1.29, 1.82) is 0 Å². The number of rotatable bonds is 4. The second-order valence-electron chi connectivity index (χ2n) is 6.95. The van der Waals surface area contributed by atoms with Crippen molar-refractivity contribution in [3.8, 4) is 11.5 Å². The Hall–Kier alpha value is -3.48. The SMILES string of the molecule is NC(=O)c1cc2cc(NC(=O)C3(c4ccc5c(c4)OCO5)CC3)ccc2[nH]1. The molecule has 1 aromatic heterocycles. The molecular weight excluding hydrogens is 346 g/mol. The number of fused-ring (bicyclic) bond motifs is 2. The maximum atomic E-state index is 13.0. The number of amides is 2. The van der Waals surface area contributed by atoms with Gasteiger partial charge in [-0.3, -0.25) is 9.59 Å². The second kappa shape index (κ2) is 5.51. The molecule has 0 unspecified atom stereocenters. The predicted molar refractivity (Wildman–Crippen MR) is 98.9 cm³/mol. The summed E-state index contributed by atoms with van der Waals surface area (Å²) in [6.07, 6.45) is 1.58. The molecule has 0 bridgehead atoms. The topological polar surface area (TPSA) is 106 Å². The minimum absolute atomic E-state index is 0.0497. The van der Waals surface area contributed by atoms with Crippen molar-refractivity contribution in [1.82, 2.24) is 4.98 Å². The summed E-state index contributed by atoms with van der Waals surface area (Å²) in [6, 6.07) is 12.8. The zero-order valence-corrected chi connectivity index (χ0v) is 14.4. The summed E-state index contributed by atoms with van der Waals surface area (Å²) in [7, 11) is 0. The Morgan fingerprint density at radius 1 is 1.04 bits per heavy atom. The van der Waals surface area contributed by atoms with Crippen LogP contribution >= 0.6 is 0 Å². The van der Waals surface area contributed by atoms with E-state index in [-0.39, 0.29) is 12.7 Å². The Balaban J connectivity index is 1.41. The van der Waals surface area contributed by atoms with Crippen molar-refractivity contribution in [2.45, 2.75) is 18.3 Å². The van der Waals surface area contributed by atoms with E-state index in [4.69, 9.17) is 15.2 Å². The maximum absolute atomic E-state index is 13.0. The lowest BCUT2D eigenvalue weighted by Crippen LogP contribution is -2.27. The van der Waals surface area contributed by atoms with Crippen LogP contribution in [0.15, 0.2) is 42.5 Å². The first-order chi connectivity index (χ1) is 13.0. The van der Waals surface area contributed by atoms with Crippen LogP contribution in [-0.4, -0.2) is 23.6 Å². The molecule has 0 spiro atoms. The lowest BCUT2D eigenvalue weighted by molar-refractivity contribution is -0.118. The Labute approximate surface area is 154 Å². The zero-order chi connectivity index (χ0) is 18.6. The molecule has 7 nitrogen and oxygen atoms in total. The molecule has 136 valence electrons. The third kappa shape index (κ3) is 2.51. The number of ether oxygens (including phenoxy) is 2. The van der Waals surface area contributed by atoms with E-state index in [0.717, 1.165) is 29.3 Å². The van der Waals surface area contributed by atoms with Crippen LogP contribution in [0.1, 0.15) is 28.9 Å². The van der Waals surface area contributed by atoms with Gasteiger partial charge < -0.3 is 25.5 Å². The predicted octanol–water partition coefficient (Wildman–Crippen LogP) is 2.67. The number of benzene rings is 2. The fraction of sp³-hybridized carbons (Fsp3) is 0.200. The highest BCUT2D eigenvalue weighted by molar-refractivity contribution is 6.03. The minimum atomic E-state index is -0.535. The normalized spacial score (nSPS) is 16.3. The number of carbonyl (C=O) groups excluding carboxylic acids is 2. The second-order valence-corrected chi connectivity index (χ2v) is 6.95. The summed E-state index contributed by atoms with van der Waals surface area (Å²) in [4.78, 5) is 27.2. The van der Waals surface area contributed by atoms with Crippen molar-refractivity contribution < 1.29 is 19.1 Å². The van der Waals surface area contributed by atoms with Crippen LogP contribution in [0.4, 0.5) is 5.69 Å². The number of carbonyl (C=O) groups is 2. The van der Waals surface area contributed by atoms with E-state index < -0.39 is 11.3 Å². The molecule has 0 atom stereocenters. The van der Waals surface area contributed by atoms with Crippen molar-refractivity contribution in [3.05, 3.63) is 53.7 Å². The monoisotopic (exact) mass is 363 g/mol. The first-order valence-electron chi connectivity index (χ1n) is 8.69. The summed E-state index contributed by atoms with van der Waals surface area (Å²) in [5.41, 5.74) is 7.51. The van der Waals surface area contributed by atoms with Gasteiger partial charge in [0.15, 0.2) is 11.5 Å². The van der Waals surface area contributed by atoms with E-state index in [2.05, 4.69) is 10.3 Å². The Kier molecular flexibility index (Phi) is 3.21. The molecule has 2 heterocycles. The quantitative estimate of drug-likeness (QED) is 0.662. The molecule has 4 N–H and O–H groups in total. The van der Waals surface area contributed by atoms with E-state index in [1.807, 2.05) is 30.3 Å². The zero-order valence-electron chi connectivity index (χ0n) is 14.4. The van der Waals surface area contributed by atoms with E-state index >= 15 is 0 Å². The maximum Gasteiger partial charge on any atom is 0.265 e. The van der Waals surface area contributed by atoms with Crippen molar-refractivity contribution >= 4 is 28.4 Å². The largest absolute Gasteiger partial charge is 0.454 e. The van der Waals surface area contributed by atoms with Crippen LogP contribution in [0, 0.1) is 0 Å². The average Bonchev–Trinajstić information content (AvgIpc) is 3.14. The van der Waals surface area contributed by atoms with Gasteiger partial charge in [-0.05, 0) is 54.8 Å². The van der Waals surface area contributed by atoms with Gasteiger partial charge in [0.05, 0.1) is 5.41 Å². The van der Waals surface area contributed by atoms with Gasteiger partial charge in [0.1, 0.15) is 5.69 Å². The summed E-state index contributed by atoms with van der Waals surface area (Å²) in [6.45, 7) is 0.210. The molecule has 2 aromatic carbocycles. The number of H-pyrrole nitrogens is 1. The van der Waals surface area contributed by atoms with Crippen LogP contribution in [0.25, 0.3) is 10.9 Å². The average molecular weight is 363 g/mol. The Morgan fingerprint density at radius 2 is 1.85 bits per heavy atom. The van der Waals surface area contributed by atoms with Crippen molar-refractivity contribution in [3.63, 3.8) is 0 Å². The number of hydrogen-bond acceptors (Lipinski definition) is 4. The minimum Gasteiger partial charge on any atom is -0.454 e. The number of aromatic nitrogens is 1. The van der Waals surface area contributed by atoms with Gasteiger partial charge in [0, 0.05) is 16.6 Å². The fourth-order valence-corrected chi connectivity index (χ4v) is 3.56. The number of aromatic amines is 1. The highest BCUT2D eigenvalue weighted by atomic mass is 16.7. The van der Waals surface area contributed by atoms with Gasteiger partial charge in [-0.25, -0.2) is 0 Å². The van der Waals surface area contributed by atoms with Gasteiger partial charge >= 0.3 is 0 Å². The Bertz CT molecular complexity index is 1100. The molecule has 0 radical (unpaired) electrons. The van der Waals surface area contributed by atoms with Crippen LogP contribution in [0.3, 0.4) is 0 Å². The van der Waals surface area contributed by atoms with Crippen LogP contribution in [0.5, 0.6) is 11.5 Å². The Morgan fingerprint density at radius 3 is 2.63 bits per heavy atom. The molecule has 3 aromatic rings. The third-order valence-electron chi connectivity index (χ3n) is 5.25. The number of nitrogens with two attached hydrogens (primary N) is 1. The third-order valence-corrected chi connectivity index (χ3v) is 5.25. The number of anilines is 1. The molecule has 2 amide bonds. The molecule has 0 saturated heterocycles. The molecule has 1 saturated carbocycles. The molecule has 1 aliphatic heterocycles. The molecule has 1 fully saturated rings. The molecular formula is C20H17N3O4. The van der Waals surface area contributed by atoms with Crippen LogP contribution in [-0.2, 0) is 10.2 Å². The van der Waals surface area contributed by atoms with Gasteiger partial charge in [-0.1, -0.05) is 6.07 Å². The van der Waals surface area contributed by atoms with Gasteiger partial charge in [0.2, 0.25) is 12.7 Å². The smallest absolute Gasteiger partial charge is 0.265 e. The number of hydrogen-bond donors (Lipinski definition) is 3. The lowest BCUT2D eigenvalue weighted by Gasteiger charge is -2.16. The van der Waals surface area contributed by atoms with E-state index in [0.29, 0.717) is 22.9 Å². The first kappa shape index (κ1) is 15.7. The van der Waals surface area contributed by atoms with E-state index in [9.17, 15) is 9.59 Å².